The SMILES string of the molecule is CN1C(=O)C(C)(Cc2ccc(F)cc2)N(C)C(=O)/C1=C\c1c(F)cccc1C#N. The minimum absolute atomic E-state index is 0.0318. The molecule has 0 bridgehead atoms. The molecular formula is C22H19F2N3O2. The quantitative estimate of drug-likeness (QED) is 0.750. The topological polar surface area (TPSA) is 64.4 Å². The normalized spacial score (nSPS) is 20.9. The minimum Gasteiger partial charge on any atom is -0.326 e. The Morgan fingerprint density at radius 1 is 1.10 bits per heavy atom. The van der Waals surface area contributed by atoms with Crippen LogP contribution in [0, 0.1) is 23.0 Å². The number of hydrogen-bond acceptors (Lipinski definition) is 3. The number of carbonyl (C=O) groups excluding carboxylic acids is 2. The molecular weight excluding hydrogens is 376 g/mol. The fourth-order valence-corrected chi connectivity index (χ4v) is 3.42. The molecule has 2 aromatic carbocycles. The van der Waals surface area contributed by atoms with Gasteiger partial charge >= 0.3 is 0 Å². The van der Waals surface area contributed by atoms with Crippen LogP contribution in [-0.2, 0) is 16.0 Å². The van der Waals surface area contributed by atoms with Crippen molar-refractivity contribution in [2.24, 2.45) is 0 Å². The number of piperazine rings is 1. The molecule has 1 aliphatic heterocycles. The third-order valence-electron chi connectivity index (χ3n) is 5.31. The molecule has 1 saturated heterocycles. The van der Waals surface area contributed by atoms with Gasteiger partial charge in [-0.05, 0) is 42.8 Å². The van der Waals surface area contributed by atoms with Crippen molar-refractivity contribution >= 4 is 17.9 Å². The van der Waals surface area contributed by atoms with E-state index in [2.05, 4.69) is 0 Å². The summed E-state index contributed by atoms with van der Waals surface area (Å²) in [6.45, 7) is 1.63. The highest BCUT2D eigenvalue weighted by atomic mass is 19.1. The van der Waals surface area contributed by atoms with E-state index in [1.165, 1.54) is 60.3 Å². The Morgan fingerprint density at radius 3 is 2.38 bits per heavy atom. The van der Waals surface area contributed by atoms with E-state index in [-0.39, 0.29) is 35.0 Å². The van der Waals surface area contributed by atoms with Gasteiger partial charge in [-0.1, -0.05) is 18.2 Å². The van der Waals surface area contributed by atoms with E-state index >= 15 is 0 Å². The van der Waals surface area contributed by atoms with Crippen LogP contribution < -0.4 is 0 Å². The lowest BCUT2D eigenvalue weighted by molar-refractivity contribution is -0.155. The third-order valence-corrected chi connectivity index (χ3v) is 5.31. The largest absolute Gasteiger partial charge is 0.326 e. The summed E-state index contributed by atoms with van der Waals surface area (Å²) in [6.07, 6.45) is 1.41. The molecule has 148 valence electrons. The van der Waals surface area contributed by atoms with Gasteiger partial charge < -0.3 is 9.80 Å². The molecule has 1 aliphatic rings. The molecule has 1 atom stereocenters. The number of carbonyl (C=O) groups is 2. The number of hydrogen-bond donors (Lipinski definition) is 0. The molecule has 29 heavy (non-hydrogen) atoms. The van der Waals surface area contributed by atoms with Crippen LogP contribution >= 0.6 is 0 Å². The summed E-state index contributed by atoms with van der Waals surface area (Å²) >= 11 is 0. The van der Waals surface area contributed by atoms with Crippen molar-refractivity contribution in [2.45, 2.75) is 18.9 Å². The van der Waals surface area contributed by atoms with Crippen molar-refractivity contribution in [3.63, 3.8) is 0 Å². The number of nitriles is 1. The fourth-order valence-electron chi connectivity index (χ4n) is 3.42. The van der Waals surface area contributed by atoms with Gasteiger partial charge in [-0.2, -0.15) is 5.26 Å². The van der Waals surface area contributed by atoms with Crippen LogP contribution in [0.4, 0.5) is 8.78 Å². The van der Waals surface area contributed by atoms with Crippen LogP contribution in [0.15, 0.2) is 48.2 Å². The van der Waals surface area contributed by atoms with E-state index in [0.717, 1.165) is 0 Å². The van der Waals surface area contributed by atoms with Gasteiger partial charge in [0.15, 0.2) is 0 Å². The summed E-state index contributed by atoms with van der Waals surface area (Å²) in [4.78, 5) is 28.7. The van der Waals surface area contributed by atoms with Gasteiger partial charge in [0.25, 0.3) is 11.8 Å². The monoisotopic (exact) mass is 395 g/mol. The molecule has 2 amide bonds. The zero-order valence-electron chi connectivity index (χ0n) is 16.2. The maximum absolute atomic E-state index is 14.3. The van der Waals surface area contributed by atoms with Crippen molar-refractivity contribution in [3.8, 4) is 6.07 Å². The second-order valence-electron chi connectivity index (χ2n) is 7.15. The first-order valence-corrected chi connectivity index (χ1v) is 8.90. The molecule has 0 saturated carbocycles. The summed E-state index contributed by atoms with van der Waals surface area (Å²) in [5.74, 6) is -1.90. The number of halogens is 2. The molecule has 5 nitrogen and oxygen atoms in total. The molecule has 0 aromatic heterocycles. The second-order valence-corrected chi connectivity index (χ2v) is 7.15. The standard InChI is InChI=1S/C22H19F2N3O2/c1-22(12-14-7-9-16(23)10-8-14)21(29)26(2)19(20(28)27(22)3)11-17-15(13-25)5-4-6-18(17)24/h4-11H,12H2,1-3H3/b19-11+. The molecule has 7 heteroatoms. The average molecular weight is 395 g/mol. The number of benzene rings is 2. The zero-order chi connectivity index (χ0) is 21.3. The minimum atomic E-state index is -1.20. The van der Waals surface area contributed by atoms with Gasteiger partial charge in [0.05, 0.1) is 11.6 Å². The summed E-state index contributed by atoms with van der Waals surface area (Å²) in [5.41, 5.74) is -0.518. The average Bonchev–Trinajstić information content (AvgIpc) is 2.71. The van der Waals surface area contributed by atoms with Crippen molar-refractivity contribution in [1.82, 2.24) is 9.80 Å². The fraction of sp³-hybridized carbons (Fsp3) is 0.227. The highest BCUT2D eigenvalue weighted by Crippen LogP contribution is 2.32. The predicted octanol–water partition coefficient (Wildman–Crippen LogP) is 3.11. The molecule has 1 fully saturated rings. The van der Waals surface area contributed by atoms with Crippen LogP contribution in [0.3, 0.4) is 0 Å². The summed E-state index contributed by atoms with van der Waals surface area (Å²) in [6, 6.07) is 11.6. The molecule has 0 aliphatic carbocycles. The molecule has 0 radical (unpaired) electrons. The Balaban J connectivity index is 2.01. The van der Waals surface area contributed by atoms with E-state index in [4.69, 9.17) is 0 Å². The third kappa shape index (κ3) is 3.49. The Kier molecular flexibility index (Phi) is 5.21. The highest BCUT2D eigenvalue weighted by molar-refractivity contribution is 6.08. The lowest BCUT2D eigenvalue weighted by Gasteiger charge is -2.45. The molecule has 2 aromatic rings. The van der Waals surface area contributed by atoms with Gasteiger partial charge in [0.2, 0.25) is 0 Å². The first kappa shape index (κ1) is 20.2. The molecule has 3 rings (SSSR count). The van der Waals surface area contributed by atoms with Gasteiger partial charge in [-0.15, -0.1) is 0 Å². The van der Waals surface area contributed by atoms with Crippen LogP contribution in [0.2, 0.25) is 0 Å². The van der Waals surface area contributed by atoms with Crippen molar-refractivity contribution < 1.29 is 18.4 Å². The van der Waals surface area contributed by atoms with Crippen LogP contribution in [0.25, 0.3) is 6.08 Å². The first-order valence-electron chi connectivity index (χ1n) is 8.90. The Bertz CT molecular complexity index is 1060. The van der Waals surface area contributed by atoms with Crippen LogP contribution in [-0.4, -0.2) is 41.2 Å². The molecule has 1 heterocycles. The van der Waals surface area contributed by atoms with Crippen molar-refractivity contribution in [3.05, 3.63) is 76.5 Å². The lowest BCUT2D eigenvalue weighted by Crippen LogP contribution is -2.64. The van der Waals surface area contributed by atoms with Gasteiger partial charge in [-0.25, -0.2) is 8.78 Å². The van der Waals surface area contributed by atoms with E-state index in [1.54, 1.807) is 19.1 Å². The van der Waals surface area contributed by atoms with Gasteiger partial charge in [-0.3, -0.25) is 9.59 Å². The smallest absolute Gasteiger partial charge is 0.271 e. The number of nitrogens with zero attached hydrogens (tertiary/aromatic N) is 3. The van der Waals surface area contributed by atoms with E-state index in [9.17, 15) is 23.6 Å². The van der Waals surface area contributed by atoms with E-state index in [1.807, 2.05) is 6.07 Å². The predicted molar refractivity (Wildman–Crippen MR) is 103 cm³/mol. The van der Waals surface area contributed by atoms with Crippen LogP contribution in [0.1, 0.15) is 23.6 Å². The number of likely N-dealkylation sites (N-methyl/N-ethyl adjacent to an activating group) is 2. The second kappa shape index (κ2) is 7.47. The summed E-state index contributed by atoms with van der Waals surface area (Å²) in [5, 5.41) is 9.23. The lowest BCUT2D eigenvalue weighted by atomic mass is 9.87. The van der Waals surface area contributed by atoms with Gasteiger partial charge in [0.1, 0.15) is 22.9 Å². The summed E-state index contributed by atoms with van der Waals surface area (Å²) in [7, 11) is 2.94. The molecule has 1 unspecified atom stereocenters. The van der Waals surface area contributed by atoms with E-state index in [0.29, 0.717) is 5.56 Å². The first-order chi connectivity index (χ1) is 13.7. The van der Waals surface area contributed by atoms with Crippen molar-refractivity contribution in [2.75, 3.05) is 14.1 Å². The highest BCUT2D eigenvalue weighted by Gasteiger charge is 2.48. The Morgan fingerprint density at radius 2 is 1.76 bits per heavy atom. The van der Waals surface area contributed by atoms with E-state index < -0.39 is 17.3 Å². The molecule has 0 N–H and O–H groups in total. The number of amides is 2. The summed E-state index contributed by atoms with van der Waals surface area (Å²) < 4.78 is 27.4. The van der Waals surface area contributed by atoms with Gasteiger partial charge in [0, 0.05) is 26.1 Å². The Labute approximate surface area is 167 Å². The van der Waals surface area contributed by atoms with Crippen LogP contribution in [0.5, 0.6) is 0 Å². The molecule has 0 spiro atoms. The van der Waals surface area contributed by atoms with Crippen molar-refractivity contribution in [1.29, 1.82) is 5.26 Å². The number of rotatable bonds is 3. The Hall–Kier alpha value is -3.53. The maximum Gasteiger partial charge on any atom is 0.271 e. The zero-order valence-corrected chi connectivity index (χ0v) is 16.2. The maximum atomic E-state index is 14.3.